The molecule has 3 nitrogen and oxygen atoms in total. The van der Waals surface area contributed by atoms with E-state index in [9.17, 15) is 8.76 Å². The van der Waals surface area contributed by atoms with Crippen molar-refractivity contribution in [1.82, 2.24) is 0 Å². The molecule has 4 heteroatoms. The smallest absolute Gasteiger partial charge is 0.186 e. The van der Waals surface area contributed by atoms with Gasteiger partial charge in [-0.3, -0.25) is 4.99 Å². The number of allylic oxidation sites excluding steroid dienone is 8. The van der Waals surface area contributed by atoms with Crippen molar-refractivity contribution in [2.45, 2.75) is 51.3 Å². The summed E-state index contributed by atoms with van der Waals surface area (Å²) in [6.07, 6.45) is 13.0. The molecule has 1 aliphatic rings. The van der Waals surface area contributed by atoms with Crippen molar-refractivity contribution in [1.29, 1.82) is 0 Å². The fourth-order valence-electron chi connectivity index (χ4n) is 3.15. The van der Waals surface area contributed by atoms with Crippen LogP contribution in [0.25, 0.3) is 0 Å². The van der Waals surface area contributed by atoms with Crippen LogP contribution in [0.15, 0.2) is 88.0 Å². The quantitative estimate of drug-likeness (QED) is 0.459. The van der Waals surface area contributed by atoms with E-state index in [1.807, 2.05) is 50.3 Å². The van der Waals surface area contributed by atoms with Crippen molar-refractivity contribution in [3.63, 3.8) is 0 Å². The van der Waals surface area contributed by atoms with E-state index in [-0.39, 0.29) is 5.41 Å². The molecule has 0 saturated heterocycles. The van der Waals surface area contributed by atoms with Gasteiger partial charge in [0.1, 0.15) is 0 Å². The third kappa shape index (κ3) is 5.15. The molecule has 28 heavy (non-hydrogen) atoms. The van der Waals surface area contributed by atoms with E-state index < -0.39 is 11.1 Å². The molecule has 0 bridgehead atoms. The van der Waals surface area contributed by atoms with E-state index in [1.165, 1.54) is 0 Å². The van der Waals surface area contributed by atoms with Crippen LogP contribution in [0, 0.1) is 6.92 Å². The van der Waals surface area contributed by atoms with Crippen LogP contribution in [0.5, 0.6) is 0 Å². The highest BCUT2D eigenvalue weighted by atomic mass is 32.2. The van der Waals surface area contributed by atoms with E-state index in [0.29, 0.717) is 4.90 Å². The molecule has 1 aromatic carbocycles. The maximum absolute atomic E-state index is 11.5. The minimum Gasteiger partial charge on any atom is -0.302 e. The molecule has 0 aromatic heterocycles. The van der Waals surface area contributed by atoms with Crippen molar-refractivity contribution in [2.75, 3.05) is 0 Å². The van der Waals surface area contributed by atoms with Crippen LogP contribution in [0.4, 0.5) is 0 Å². The third-order valence-corrected chi connectivity index (χ3v) is 5.87. The van der Waals surface area contributed by atoms with Crippen LogP contribution in [0.3, 0.4) is 0 Å². The lowest BCUT2D eigenvalue weighted by atomic mass is 9.76. The summed E-state index contributed by atoms with van der Waals surface area (Å²) in [6.45, 7) is 14.4. The largest absolute Gasteiger partial charge is 0.302 e. The molecule has 1 heterocycles. The topological polar surface area (TPSA) is 49.7 Å². The Kier molecular flexibility index (Phi) is 7.28. The molecule has 1 unspecified atom stereocenters. The first kappa shape index (κ1) is 22.0. The fourth-order valence-corrected chi connectivity index (χ4v) is 3.56. The van der Waals surface area contributed by atoms with Crippen molar-refractivity contribution in [3.8, 4) is 0 Å². The van der Waals surface area contributed by atoms with Crippen molar-refractivity contribution >= 4 is 16.8 Å². The molecule has 0 saturated carbocycles. The highest BCUT2D eigenvalue weighted by molar-refractivity contribution is 7.79. The standard InChI is InChI=1S/C24H29NO2S/c1-7-8-11-20-15-21(25-19(20)4)12-9-10-18(3)24(5,6)23-16-22(28(26)27)14-13-17(23)2/h7-14,16H,4,15H2,1-3,5-6H3,(H,26,27)/b8-7-,12-9+,18-10-,20-11-. The molecule has 1 atom stereocenters. The third-order valence-electron chi connectivity index (χ3n) is 5.22. The Balaban J connectivity index is 2.22. The second-order valence-electron chi connectivity index (χ2n) is 7.50. The maximum atomic E-state index is 11.5. The summed E-state index contributed by atoms with van der Waals surface area (Å²) in [5, 5.41) is 0. The number of hydrogen-bond donors (Lipinski definition) is 1. The van der Waals surface area contributed by atoms with Crippen LogP contribution >= 0.6 is 0 Å². The Bertz CT molecular complexity index is 943. The number of aliphatic imine (C=N–C) groups is 1. The molecule has 148 valence electrons. The van der Waals surface area contributed by atoms with Gasteiger partial charge >= 0.3 is 0 Å². The first-order chi connectivity index (χ1) is 13.2. The van der Waals surface area contributed by atoms with Crippen LogP contribution in [0.2, 0.25) is 0 Å². The second-order valence-corrected chi connectivity index (χ2v) is 8.47. The first-order valence-corrected chi connectivity index (χ1v) is 10.4. The summed E-state index contributed by atoms with van der Waals surface area (Å²) in [7, 11) is 0. The number of rotatable bonds is 6. The normalized spacial score (nSPS) is 18.5. The summed E-state index contributed by atoms with van der Waals surface area (Å²) < 4.78 is 20.9. The predicted octanol–water partition coefficient (Wildman–Crippen LogP) is 6.22. The minimum absolute atomic E-state index is 0.262. The molecule has 0 amide bonds. The van der Waals surface area contributed by atoms with Gasteiger partial charge in [-0.1, -0.05) is 62.4 Å². The number of nitrogens with zero attached hydrogens (tertiary/aromatic N) is 1. The second kappa shape index (κ2) is 9.26. The lowest BCUT2D eigenvalue weighted by molar-refractivity contribution is 0.563. The van der Waals surface area contributed by atoms with Gasteiger partial charge in [0, 0.05) is 17.5 Å². The molecule has 2 rings (SSSR count). The average molecular weight is 396 g/mol. The lowest BCUT2D eigenvalue weighted by Gasteiger charge is -2.28. The van der Waals surface area contributed by atoms with Gasteiger partial charge in [-0.15, -0.1) is 0 Å². The minimum atomic E-state index is -1.98. The summed E-state index contributed by atoms with van der Waals surface area (Å²) in [5.41, 5.74) is 6.02. The Labute approximate surface area is 171 Å². The van der Waals surface area contributed by atoms with Gasteiger partial charge in [-0.25, -0.2) is 4.21 Å². The summed E-state index contributed by atoms with van der Waals surface area (Å²) in [5.74, 6) is 0. The molecule has 1 aromatic rings. The summed E-state index contributed by atoms with van der Waals surface area (Å²) in [6, 6.07) is 5.44. The van der Waals surface area contributed by atoms with E-state index in [1.54, 1.807) is 6.07 Å². The van der Waals surface area contributed by atoms with Crippen LogP contribution < -0.4 is 0 Å². The van der Waals surface area contributed by atoms with E-state index in [2.05, 4.69) is 44.5 Å². The van der Waals surface area contributed by atoms with Crippen molar-refractivity contribution in [2.24, 2.45) is 4.99 Å². The Morgan fingerprint density at radius 2 is 2.04 bits per heavy atom. The first-order valence-electron chi connectivity index (χ1n) is 9.33. The Morgan fingerprint density at radius 1 is 1.32 bits per heavy atom. The molecular weight excluding hydrogens is 366 g/mol. The highest BCUT2D eigenvalue weighted by Crippen LogP contribution is 2.34. The molecular formula is C24H29NO2S. The summed E-state index contributed by atoms with van der Waals surface area (Å²) in [4.78, 5) is 4.95. The van der Waals surface area contributed by atoms with E-state index >= 15 is 0 Å². The van der Waals surface area contributed by atoms with Crippen molar-refractivity contribution < 1.29 is 8.76 Å². The average Bonchev–Trinajstić information content (AvgIpc) is 2.99. The SMILES string of the molecule is C=C1N=C(/C=C/C=C(/C)C(C)(C)c2cc(S(=O)O)ccc2C)C/C1=C/C=C\C. The highest BCUT2D eigenvalue weighted by Gasteiger charge is 2.25. The maximum Gasteiger partial charge on any atom is 0.186 e. The van der Waals surface area contributed by atoms with E-state index in [4.69, 9.17) is 0 Å². The fraction of sp³-hybridized carbons (Fsp3) is 0.292. The number of hydrogen-bond acceptors (Lipinski definition) is 2. The van der Waals surface area contributed by atoms with Gasteiger partial charge in [-0.05, 0) is 55.7 Å². The van der Waals surface area contributed by atoms with E-state index in [0.717, 1.165) is 40.1 Å². The monoisotopic (exact) mass is 395 g/mol. The molecule has 1 N–H and O–H groups in total. The lowest BCUT2D eigenvalue weighted by Crippen LogP contribution is -2.20. The summed E-state index contributed by atoms with van der Waals surface area (Å²) >= 11 is -1.98. The number of benzene rings is 1. The molecule has 0 radical (unpaired) electrons. The molecule has 0 spiro atoms. The predicted molar refractivity (Wildman–Crippen MR) is 120 cm³/mol. The van der Waals surface area contributed by atoms with Gasteiger partial charge in [0.15, 0.2) is 11.1 Å². The molecule has 1 aliphatic heterocycles. The van der Waals surface area contributed by atoms with Crippen LogP contribution in [-0.2, 0) is 16.5 Å². The van der Waals surface area contributed by atoms with Crippen molar-refractivity contribution in [3.05, 3.63) is 89.2 Å². The van der Waals surface area contributed by atoms with Gasteiger partial charge in [0.25, 0.3) is 0 Å². The number of aryl methyl sites for hydroxylation is 1. The zero-order valence-corrected chi connectivity index (χ0v) is 18.1. The zero-order chi connectivity index (χ0) is 20.9. The zero-order valence-electron chi connectivity index (χ0n) is 17.3. The Hall–Kier alpha value is -2.30. The Morgan fingerprint density at radius 3 is 2.68 bits per heavy atom. The van der Waals surface area contributed by atoms with Gasteiger partial charge in [0.05, 0.1) is 10.6 Å². The van der Waals surface area contributed by atoms with Gasteiger partial charge in [0.2, 0.25) is 0 Å². The van der Waals surface area contributed by atoms with Crippen LogP contribution in [0.1, 0.15) is 45.2 Å². The van der Waals surface area contributed by atoms with Gasteiger partial charge < -0.3 is 4.55 Å². The van der Waals surface area contributed by atoms with Gasteiger partial charge in [-0.2, -0.15) is 0 Å². The molecule has 0 fully saturated rings. The molecule has 0 aliphatic carbocycles. The van der Waals surface area contributed by atoms with Crippen LogP contribution in [-0.4, -0.2) is 14.5 Å².